The number of unbranched alkanes of at least 4 members (excludes halogenated alkanes) is 8. The molecule has 5 heteroatoms. The lowest BCUT2D eigenvalue weighted by atomic mass is 9.99. The average molecular weight is 381 g/mol. The van der Waals surface area contributed by atoms with Gasteiger partial charge in [-0.3, -0.25) is 9.11 Å². The predicted octanol–water partition coefficient (Wildman–Crippen LogP) is 6.26. The van der Waals surface area contributed by atoms with E-state index in [4.69, 9.17) is 17.5 Å². The van der Waals surface area contributed by atoms with Crippen molar-refractivity contribution in [2.75, 3.05) is 0 Å². The molecule has 0 unspecified atom stereocenters. The van der Waals surface area contributed by atoms with Crippen LogP contribution in [-0.2, 0) is 16.8 Å². The summed E-state index contributed by atoms with van der Waals surface area (Å²) in [4.78, 5) is 0. The summed E-state index contributed by atoms with van der Waals surface area (Å²) in [5.41, 5.74) is 1.52. The zero-order chi connectivity index (χ0) is 19.3. The van der Waals surface area contributed by atoms with Gasteiger partial charge in [0.15, 0.2) is 0 Å². The summed E-state index contributed by atoms with van der Waals surface area (Å²) in [5, 5.41) is 2.82. The second-order valence-corrected chi connectivity index (χ2v) is 7.56. The average Bonchev–Trinajstić information content (AvgIpc) is 2.59. The number of hydrogen-bond acceptors (Lipinski definition) is 2. The Labute approximate surface area is 158 Å². The van der Waals surface area contributed by atoms with Gasteiger partial charge in [-0.1, -0.05) is 101 Å². The first kappa shape index (κ1) is 22.6. The van der Waals surface area contributed by atoms with Gasteiger partial charge in [0.2, 0.25) is 0 Å². The highest BCUT2D eigenvalue weighted by molar-refractivity contribution is 7.79. The fourth-order valence-corrected chi connectivity index (χ4v) is 3.14. The topological polar surface area (TPSA) is 74.6 Å². The maximum atomic E-state index is 8.74. The van der Waals surface area contributed by atoms with Gasteiger partial charge >= 0.3 is 10.4 Å². The van der Waals surface area contributed by atoms with Gasteiger partial charge in [0.25, 0.3) is 0 Å². The fourth-order valence-electron chi connectivity index (χ4n) is 3.14. The Bertz CT molecular complexity index is 712. The van der Waals surface area contributed by atoms with Crippen molar-refractivity contribution in [3.63, 3.8) is 0 Å². The summed E-state index contributed by atoms with van der Waals surface area (Å²) in [7, 11) is -4.67. The molecule has 0 bridgehead atoms. The van der Waals surface area contributed by atoms with Crippen molar-refractivity contribution < 1.29 is 17.5 Å². The molecule has 0 fully saturated rings. The maximum Gasteiger partial charge on any atom is 0.394 e. The molecule has 146 valence electrons. The minimum atomic E-state index is -4.67. The third-order valence-electron chi connectivity index (χ3n) is 4.43. The van der Waals surface area contributed by atoms with E-state index in [0.717, 1.165) is 0 Å². The van der Waals surface area contributed by atoms with E-state index in [1.54, 1.807) is 0 Å². The zero-order valence-electron chi connectivity index (χ0n) is 15.7. The summed E-state index contributed by atoms with van der Waals surface area (Å²) >= 11 is 0. The van der Waals surface area contributed by atoms with Crippen LogP contribution < -0.4 is 0 Å². The highest BCUT2D eigenvalue weighted by Crippen LogP contribution is 2.20. The standard InChI is InChI=1S/C21H30.H2O4S/c1-2-3-4-5-6-7-8-9-10-14-19-16-13-17-20-15-11-12-18-21(19)20;1-5(2,3)4/h11-13,15-18H,2-10,14H2,1H3;(H2,1,2,3,4). The number of benzene rings is 2. The van der Waals surface area contributed by atoms with E-state index in [2.05, 4.69) is 49.4 Å². The van der Waals surface area contributed by atoms with Crippen LogP contribution in [0.15, 0.2) is 42.5 Å². The molecule has 0 saturated carbocycles. The van der Waals surface area contributed by atoms with Gasteiger partial charge in [0.1, 0.15) is 0 Å². The molecule has 0 spiro atoms. The molecular weight excluding hydrogens is 348 g/mol. The molecule has 26 heavy (non-hydrogen) atoms. The van der Waals surface area contributed by atoms with E-state index in [0.29, 0.717) is 0 Å². The Morgan fingerprint density at radius 3 is 1.85 bits per heavy atom. The van der Waals surface area contributed by atoms with Crippen LogP contribution in [0.5, 0.6) is 0 Å². The molecule has 2 rings (SSSR count). The van der Waals surface area contributed by atoms with Crippen LogP contribution >= 0.6 is 0 Å². The zero-order valence-corrected chi connectivity index (χ0v) is 16.5. The Hall–Kier alpha value is -1.43. The molecule has 2 N–H and O–H groups in total. The molecule has 0 aromatic heterocycles. The first-order valence-electron chi connectivity index (χ1n) is 9.58. The molecule has 0 aliphatic rings. The minimum absolute atomic E-state index is 1.23. The Kier molecular flexibility index (Phi) is 11.2. The van der Waals surface area contributed by atoms with Crippen molar-refractivity contribution in [1.29, 1.82) is 0 Å². The Morgan fingerprint density at radius 1 is 0.731 bits per heavy atom. The van der Waals surface area contributed by atoms with Gasteiger partial charge in [0.05, 0.1) is 0 Å². The van der Waals surface area contributed by atoms with E-state index in [1.165, 1.54) is 80.5 Å². The highest BCUT2D eigenvalue weighted by Gasteiger charge is 2.00. The molecule has 2 aromatic carbocycles. The quantitative estimate of drug-likeness (QED) is 0.377. The summed E-state index contributed by atoms with van der Waals surface area (Å²) in [5.74, 6) is 0. The molecular formula is C21H32O4S. The van der Waals surface area contributed by atoms with Crippen molar-refractivity contribution in [3.05, 3.63) is 48.0 Å². The number of rotatable bonds is 10. The molecule has 0 amide bonds. The smallest absolute Gasteiger partial charge is 0.264 e. The molecule has 0 radical (unpaired) electrons. The van der Waals surface area contributed by atoms with Crippen LogP contribution in [0, 0.1) is 0 Å². The Balaban J connectivity index is 0.000000597. The van der Waals surface area contributed by atoms with Gasteiger partial charge in [-0.25, -0.2) is 0 Å². The first-order chi connectivity index (χ1) is 12.4. The van der Waals surface area contributed by atoms with Gasteiger partial charge in [-0.2, -0.15) is 8.42 Å². The molecule has 2 aromatic rings. The lowest BCUT2D eigenvalue weighted by Gasteiger charge is -2.06. The van der Waals surface area contributed by atoms with E-state index in [9.17, 15) is 0 Å². The van der Waals surface area contributed by atoms with Crippen molar-refractivity contribution in [2.24, 2.45) is 0 Å². The molecule has 0 aliphatic carbocycles. The third-order valence-corrected chi connectivity index (χ3v) is 4.43. The lowest BCUT2D eigenvalue weighted by molar-refractivity contribution is 0.381. The van der Waals surface area contributed by atoms with E-state index in [1.807, 2.05) is 0 Å². The minimum Gasteiger partial charge on any atom is -0.264 e. The summed E-state index contributed by atoms with van der Waals surface area (Å²) in [6.45, 7) is 2.29. The van der Waals surface area contributed by atoms with Crippen LogP contribution in [-0.4, -0.2) is 17.5 Å². The van der Waals surface area contributed by atoms with E-state index >= 15 is 0 Å². The van der Waals surface area contributed by atoms with Gasteiger partial charge < -0.3 is 0 Å². The van der Waals surface area contributed by atoms with Crippen molar-refractivity contribution in [3.8, 4) is 0 Å². The Morgan fingerprint density at radius 2 is 1.23 bits per heavy atom. The van der Waals surface area contributed by atoms with Crippen molar-refractivity contribution in [2.45, 2.75) is 71.1 Å². The second kappa shape index (κ2) is 12.8. The van der Waals surface area contributed by atoms with Crippen LogP contribution in [0.4, 0.5) is 0 Å². The molecule has 4 nitrogen and oxygen atoms in total. The van der Waals surface area contributed by atoms with Crippen LogP contribution in [0.1, 0.15) is 70.3 Å². The largest absolute Gasteiger partial charge is 0.394 e. The van der Waals surface area contributed by atoms with E-state index < -0.39 is 10.4 Å². The number of fused-ring (bicyclic) bond motifs is 1. The maximum absolute atomic E-state index is 8.74. The normalized spacial score (nSPS) is 11.2. The number of hydrogen-bond donors (Lipinski definition) is 2. The highest BCUT2D eigenvalue weighted by atomic mass is 32.3. The summed E-state index contributed by atoms with van der Waals surface area (Å²) in [6.07, 6.45) is 13.9. The first-order valence-corrected chi connectivity index (χ1v) is 11.0. The molecule has 0 saturated heterocycles. The van der Waals surface area contributed by atoms with Crippen molar-refractivity contribution >= 4 is 21.2 Å². The SMILES string of the molecule is CCCCCCCCCCCc1cccc2ccccc12.O=S(=O)(O)O. The van der Waals surface area contributed by atoms with E-state index in [-0.39, 0.29) is 0 Å². The van der Waals surface area contributed by atoms with Gasteiger partial charge in [-0.05, 0) is 29.2 Å². The predicted molar refractivity (Wildman–Crippen MR) is 109 cm³/mol. The van der Waals surface area contributed by atoms with Crippen LogP contribution in [0.3, 0.4) is 0 Å². The molecule has 0 atom stereocenters. The molecule has 0 aliphatic heterocycles. The second-order valence-electron chi connectivity index (χ2n) is 6.66. The van der Waals surface area contributed by atoms with Gasteiger partial charge in [-0.15, -0.1) is 0 Å². The summed E-state index contributed by atoms with van der Waals surface area (Å²) < 4.78 is 31.6. The monoisotopic (exact) mass is 380 g/mol. The third kappa shape index (κ3) is 11.2. The van der Waals surface area contributed by atoms with Crippen LogP contribution in [0.2, 0.25) is 0 Å². The lowest BCUT2D eigenvalue weighted by Crippen LogP contribution is -1.89. The fraction of sp³-hybridized carbons (Fsp3) is 0.524. The van der Waals surface area contributed by atoms with Crippen molar-refractivity contribution in [1.82, 2.24) is 0 Å². The molecule has 0 heterocycles. The van der Waals surface area contributed by atoms with Crippen LogP contribution in [0.25, 0.3) is 10.8 Å². The van der Waals surface area contributed by atoms with Gasteiger partial charge in [0, 0.05) is 0 Å². The summed E-state index contributed by atoms with van der Waals surface area (Å²) in [6, 6.07) is 15.5. The number of aryl methyl sites for hydroxylation is 1.